The minimum atomic E-state index is -0.445. The van der Waals surface area contributed by atoms with E-state index in [-0.39, 0.29) is 17.7 Å². The molecule has 0 radical (unpaired) electrons. The maximum Gasteiger partial charge on any atom is 0.242 e. The molecule has 0 aliphatic heterocycles. The van der Waals surface area contributed by atoms with Crippen molar-refractivity contribution in [3.05, 3.63) is 0 Å². The van der Waals surface area contributed by atoms with E-state index in [0.717, 1.165) is 45.2 Å². The van der Waals surface area contributed by atoms with Gasteiger partial charge < -0.3 is 16.0 Å². The van der Waals surface area contributed by atoms with E-state index in [1.165, 1.54) is 0 Å². The normalized spacial score (nSPS) is 17.2. The molecule has 19 heavy (non-hydrogen) atoms. The van der Waals surface area contributed by atoms with Crippen molar-refractivity contribution < 1.29 is 9.59 Å². The molecule has 1 saturated carbocycles. The molecular weight excluding hydrogens is 242 g/mol. The van der Waals surface area contributed by atoms with Crippen LogP contribution >= 0.6 is 0 Å². The third-order valence-electron chi connectivity index (χ3n) is 3.51. The van der Waals surface area contributed by atoms with Crippen LogP contribution in [0.25, 0.3) is 0 Å². The van der Waals surface area contributed by atoms with Crippen molar-refractivity contribution in [1.29, 1.82) is 0 Å². The molecule has 1 rings (SSSR count). The molecule has 1 unspecified atom stereocenters. The van der Waals surface area contributed by atoms with Crippen LogP contribution in [0.5, 0.6) is 0 Å². The van der Waals surface area contributed by atoms with Gasteiger partial charge in [-0.25, -0.2) is 0 Å². The van der Waals surface area contributed by atoms with Crippen LogP contribution in [0.4, 0.5) is 0 Å². The van der Waals surface area contributed by atoms with Crippen LogP contribution in [0.2, 0.25) is 0 Å². The molecule has 0 aromatic carbocycles. The van der Waals surface area contributed by atoms with Gasteiger partial charge in [0.05, 0.1) is 0 Å². The quantitative estimate of drug-likeness (QED) is 0.571. The van der Waals surface area contributed by atoms with Gasteiger partial charge in [-0.05, 0) is 32.7 Å². The van der Waals surface area contributed by atoms with Crippen LogP contribution in [0.3, 0.4) is 0 Å². The Labute approximate surface area is 115 Å². The zero-order chi connectivity index (χ0) is 14.1. The van der Waals surface area contributed by atoms with Gasteiger partial charge in [-0.2, -0.15) is 0 Å². The monoisotopic (exact) mass is 269 g/mol. The predicted octanol–water partition coefficient (Wildman–Crippen LogP) is 0.797. The molecule has 2 amide bonds. The molecule has 3 N–H and O–H groups in total. The fourth-order valence-corrected chi connectivity index (χ4v) is 2.31. The minimum Gasteiger partial charge on any atom is -0.353 e. The van der Waals surface area contributed by atoms with E-state index in [1.807, 2.05) is 0 Å². The first-order valence-electron chi connectivity index (χ1n) is 7.44. The molecular formula is C14H27N3O2. The van der Waals surface area contributed by atoms with Crippen LogP contribution in [-0.2, 0) is 9.59 Å². The Morgan fingerprint density at radius 1 is 1.16 bits per heavy atom. The van der Waals surface area contributed by atoms with E-state index in [2.05, 4.69) is 22.9 Å². The van der Waals surface area contributed by atoms with Crippen LogP contribution < -0.4 is 16.0 Å². The summed E-state index contributed by atoms with van der Waals surface area (Å²) in [4.78, 5) is 23.6. The highest BCUT2D eigenvalue weighted by Gasteiger charge is 2.25. The highest BCUT2D eigenvalue weighted by atomic mass is 16.2. The standard InChI is InChI=1S/C14H27N3O2/c1-3-8-15-9-10-16-13(18)11(2)17-14(19)12-6-4-5-7-12/h11-12,15H,3-10H2,1-2H3,(H,16,18)(H,17,19). The Kier molecular flexibility index (Phi) is 7.48. The van der Waals surface area contributed by atoms with E-state index < -0.39 is 6.04 Å². The lowest BCUT2D eigenvalue weighted by Crippen LogP contribution is -2.47. The molecule has 1 aliphatic carbocycles. The van der Waals surface area contributed by atoms with Gasteiger partial charge in [0.25, 0.3) is 0 Å². The van der Waals surface area contributed by atoms with E-state index in [9.17, 15) is 9.59 Å². The molecule has 1 atom stereocenters. The number of hydrogen-bond donors (Lipinski definition) is 3. The van der Waals surface area contributed by atoms with Gasteiger partial charge in [-0.15, -0.1) is 0 Å². The second-order valence-corrected chi connectivity index (χ2v) is 5.25. The largest absolute Gasteiger partial charge is 0.353 e. The molecule has 0 heterocycles. The second-order valence-electron chi connectivity index (χ2n) is 5.25. The van der Waals surface area contributed by atoms with E-state index in [4.69, 9.17) is 0 Å². The van der Waals surface area contributed by atoms with E-state index in [0.29, 0.717) is 6.54 Å². The van der Waals surface area contributed by atoms with Gasteiger partial charge in [-0.1, -0.05) is 19.8 Å². The molecule has 5 nitrogen and oxygen atoms in total. The maximum absolute atomic E-state index is 11.9. The van der Waals surface area contributed by atoms with Crippen LogP contribution in [-0.4, -0.2) is 37.5 Å². The molecule has 110 valence electrons. The molecule has 0 aromatic rings. The topological polar surface area (TPSA) is 70.2 Å². The summed E-state index contributed by atoms with van der Waals surface area (Å²) in [5.74, 6) is 0.0374. The molecule has 5 heteroatoms. The third-order valence-corrected chi connectivity index (χ3v) is 3.51. The molecule has 0 bridgehead atoms. The summed E-state index contributed by atoms with van der Waals surface area (Å²) in [6, 6.07) is -0.445. The Morgan fingerprint density at radius 2 is 1.84 bits per heavy atom. The van der Waals surface area contributed by atoms with Crippen LogP contribution in [0.1, 0.15) is 46.0 Å². The first kappa shape index (κ1) is 16.0. The Balaban J connectivity index is 2.15. The van der Waals surface area contributed by atoms with Crippen LogP contribution in [0, 0.1) is 5.92 Å². The summed E-state index contributed by atoms with van der Waals surface area (Å²) in [6.07, 6.45) is 5.26. The first-order valence-corrected chi connectivity index (χ1v) is 7.44. The van der Waals surface area contributed by atoms with Crippen molar-refractivity contribution in [3.63, 3.8) is 0 Å². The van der Waals surface area contributed by atoms with Gasteiger partial charge in [0.1, 0.15) is 6.04 Å². The molecule has 1 fully saturated rings. The summed E-state index contributed by atoms with van der Waals surface area (Å²) < 4.78 is 0. The zero-order valence-electron chi connectivity index (χ0n) is 12.1. The van der Waals surface area contributed by atoms with E-state index >= 15 is 0 Å². The fourth-order valence-electron chi connectivity index (χ4n) is 2.31. The average molecular weight is 269 g/mol. The molecule has 0 spiro atoms. The van der Waals surface area contributed by atoms with Crippen molar-refractivity contribution in [2.45, 2.75) is 52.0 Å². The number of carbonyl (C=O) groups excluding carboxylic acids is 2. The maximum atomic E-state index is 11.9. The van der Waals surface area contributed by atoms with Gasteiger partial charge in [-0.3, -0.25) is 9.59 Å². The van der Waals surface area contributed by atoms with Crippen molar-refractivity contribution in [3.8, 4) is 0 Å². The number of hydrogen-bond acceptors (Lipinski definition) is 3. The number of carbonyl (C=O) groups is 2. The average Bonchev–Trinajstić information content (AvgIpc) is 2.92. The number of nitrogens with one attached hydrogen (secondary N) is 3. The molecule has 0 saturated heterocycles. The van der Waals surface area contributed by atoms with Crippen molar-refractivity contribution in [1.82, 2.24) is 16.0 Å². The Morgan fingerprint density at radius 3 is 2.47 bits per heavy atom. The summed E-state index contributed by atoms with van der Waals surface area (Å²) >= 11 is 0. The number of rotatable bonds is 8. The molecule has 0 aromatic heterocycles. The first-order chi connectivity index (χ1) is 9.15. The van der Waals surface area contributed by atoms with Gasteiger partial charge in [0, 0.05) is 19.0 Å². The smallest absolute Gasteiger partial charge is 0.242 e. The Bertz CT molecular complexity index is 288. The molecule has 1 aliphatic rings. The van der Waals surface area contributed by atoms with Gasteiger partial charge in [0.15, 0.2) is 0 Å². The minimum absolute atomic E-state index is 0.0317. The summed E-state index contributed by atoms with van der Waals surface area (Å²) in [5, 5.41) is 8.84. The summed E-state index contributed by atoms with van der Waals surface area (Å²) in [6.45, 7) is 6.17. The van der Waals surface area contributed by atoms with E-state index in [1.54, 1.807) is 6.92 Å². The predicted molar refractivity (Wildman–Crippen MR) is 75.7 cm³/mol. The fraction of sp³-hybridized carbons (Fsp3) is 0.857. The van der Waals surface area contributed by atoms with Crippen molar-refractivity contribution >= 4 is 11.8 Å². The van der Waals surface area contributed by atoms with Gasteiger partial charge in [0.2, 0.25) is 11.8 Å². The Hall–Kier alpha value is -1.10. The lowest BCUT2D eigenvalue weighted by molar-refractivity contribution is -0.130. The lowest BCUT2D eigenvalue weighted by Gasteiger charge is -2.16. The third kappa shape index (κ3) is 6.05. The zero-order valence-corrected chi connectivity index (χ0v) is 12.1. The van der Waals surface area contributed by atoms with Gasteiger partial charge >= 0.3 is 0 Å². The van der Waals surface area contributed by atoms with Crippen molar-refractivity contribution in [2.75, 3.05) is 19.6 Å². The van der Waals surface area contributed by atoms with Crippen LogP contribution in [0.15, 0.2) is 0 Å². The second kappa shape index (κ2) is 8.91. The summed E-state index contributed by atoms with van der Waals surface area (Å²) in [7, 11) is 0. The highest BCUT2D eigenvalue weighted by molar-refractivity contribution is 5.88. The summed E-state index contributed by atoms with van der Waals surface area (Å²) in [5.41, 5.74) is 0. The SMILES string of the molecule is CCCNCCNC(=O)C(C)NC(=O)C1CCCC1. The van der Waals surface area contributed by atoms with Crippen molar-refractivity contribution in [2.24, 2.45) is 5.92 Å². The lowest BCUT2D eigenvalue weighted by atomic mass is 10.1. The highest BCUT2D eigenvalue weighted by Crippen LogP contribution is 2.24. The number of amides is 2.